The molecule has 32 heavy (non-hydrogen) atoms. The zero-order chi connectivity index (χ0) is 23.2. The number of aromatic amines is 1. The van der Waals surface area contributed by atoms with Crippen LogP contribution in [0.3, 0.4) is 0 Å². The summed E-state index contributed by atoms with van der Waals surface area (Å²) in [6, 6.07) is 5.89. The Balaban J connectivity index is 1.55. The molecule has 1 aromatic heterocycles. The number of hydrogen-bond acceptors (Lipinski definition) is 3. The Morgan fingerprint density at radius 3 is 2.31 bits per heavy atom. The number of fused-ring (bicyclic) bond motifs is 3. The second kappa shape index (κ2) is 8.23. The number of amides is 2. The summed E-state index contributed by atoms with van der Waals surface area (Å²) >= 11 is 0. The summed E-state index contributed by atoms with van der Waals surface area (Å²) in [6.45, 7) is -0.587. The lowest BCUT2D eigenvalue weighted by Crippen LogP contribution is -2.51. The largest absolute Gasteiger partial charge is 0.394 e. The summed E-state index contributed by atoms with van der Waals surface area (Å²) in [5, 5.41) is 12.4. The third kappa shape index (κ3) is 3.48. The number of aliphatic hydroxyl groups is 1. The fraction of sp³-hybridized carbons (Fsp3) is 0.238. The van der Waals surface area contributed by atoms with E-state index in [1.807, 2.05) is 29.6 Å². The van der Waals surface area contributed by atoms with E-state index in [2.05, 4.69) is 4.98 Å². The minimum Gasteiger partial charge on any atom is -0.394 e. The van der Waals surface area contributed by atoms with E-state index in [9.17, 15) is 36.6 Å². The molecule has 0 fully saturated rings. The van der Waals surface area contributed by atoms with Crippen molar-refractivity contribution in [3.63, 3.8) is 0 Å². The first-order valence-electron chi connectivity index (χ1n) is 9.55. The number of aromatic nitrogens is 1. The first kappa shape index (κ1) is 21.8. The molecule has 6 nitrogen and oxygen atoms in total. The highest BCUT2D eigenvalue weighted by molar-refractivity contribution is 5.98. The lowest BCUT2D eigenvalue weighted by Gasteiger charge is -2.30. The van der Waals surface area contributed by atoms with E-state index < -0.39 is 59.1 Å². The van der Waals surface area contributed by atoms with Crippen LogP contribution < -0.4 is 5.32 Å². The SMILES string of the molecule is O=C(N[C@@H](CO)C(=O)N1CCc2c([nH]c3ccccc23)C1)c1c(F)c(F)c(F)c(F)c1F. The van der Waals surface area contributed by atoms with Crippen molar-refractivity contribution in [3.8, 4) is 0 Å². The van der Waals surface area contributed by atoms with Gasteiger partial charge in [0.2, 0.25) is 11.7 Å². The number of nitrogens with zero attached hydrogens (tertiary/aromatic N) is 1. The van der Waals surface area contributed by atoms with Crippen molar-refractivity contribution in [2.75, 3.05) is 13.2 Å². The summed E-state index contributed by atoms with van der Waals surface area (Å²) in [4.78, 5) is 29.6. The van der Waals surface area contributed by atoms with Gasteiger partial charge in [0.15, 0.2) is 23.3 Å². The molecule has 0 aliphatic carbocycles. The van der Waals surface area contributed by atoms with E-state index in [0.717, 1.165) is 22.2 Å². The number of H-pyrrole nitrogens is 1. The van der Waals surface area contributed by atoms with Crippen LogP contribution in [0.2, 0.25) is 0 Å². The number of nitrogens with one attached hydrogen (secondary N) is 2. The third-order valence-corrected chi connectivity index (χ3v) is 5.42. The Kier molecular flexibility index (Phi) is 5.59. The van der Waals surface area contributed by atoms with Gasteiger partial charge in [0, 0.05) is 23.1 Å². The van der Waals surface area contributed by atoms with Crippen LogP contribution in [0.1, 0.15) is 21.6 Å². The Morgan fingerprint density at radius 2 is 1.66 bits per heavy atom. The highest BCUT2D eigenvalue weighted by Gasteiger charge is 2.34. The predicted octanol–water partition coefficient (Wildman–Crippen LogP) is 2.54. The van der Waals surface area contributed by atoms with Crippen molar-refractivity contribution in [3.05, 3.63) is 70.2 Å². The molecule has 0 saturated carbocycles. The van der Waals surface area contributed by atoms with Gasteiger partial charge in [-0.1, -0.05) is 18.2 Å². The van der Waals surface area contributed by atoms with E-state index in [4.69, 9.17) is 0 Å². The predicted molar refractivity (Wildman–Crippen MR) is 102 cm³/mol. The highest BCUT2D eigenvalue weighted by Crippen LogP contribution is 2.28. The van der Waals surface area contributed by atoms with Crippen LogP contribution in [0.5, 0.6) is 0 Å². The molecule has 168 valence electrons. The van der Waals surface area contributed by atoms with Gasteiger partial charge in [-0.2, -0.15) is 0 Å². The number of aliphatic hydroxyl groups excluding tert-OH is 1. The summed E-state index contributed by atoms with van der Waals surface area (Å²) < 4.78 is 67.8. The summed E-state index contributed by atoms with van der Waals surface area (Å²) in [7, 11) is 0. The van der Waals surface area contributed by atoms with Gasteiger partial charge >= 0.3 is 0 Å². The van der Waals surface area contributed by atoms with Crippen molar-refractivity contribution in [2.45, 2.75) is 19.0 Å². The van der Waals surface area contributed by atoms with Crippen molar-refractivity contribution in [1.29, 1.82) is 0 Å². The number of carbonyl (C=O) groups is 2. The van der Waals surface area contributed by atoms with Crippen molar-refractivity contribution >= 4 is 22.7 Å². The van der Waals surface area contributed by atoms with E-state index >= 15 is 0 Å². The maximum absolute atomic E-state index is 13.9. The molecule has 3 N–H and O–H groups in total. The molecule has 1 aliphatic rings. The molecule has 2 aromatic carbocycles. The average molecular weight is 453 g/mol. The Morgan fingerprint density at radius 1 is 1.03 bits per heavy atom. The van der Waals surface area contributed by atoms with Crippen LogP contribution in [0.25, 0.3) is 10.9 Å². The van der Waals surface area contributed by atoms with Crippen LogP contribution in [-0.2, 0) is 17.8 Å². The fourth-order valence-corrected chi connectivity index (χ4v) is 3.82. The van der Waals surface area contributed by atoms with Crippen LogP contribution in [0.15, 0.2) is 24.3 Å². The quantitative estimate of drug-likeness (QED) is 0.323. The first-order chi connectivity index (χ1) is 15.2. The van der Waals surface area contributed by atoms with Gasteiger partial charge in [-0.25, -0.2) is 22.0 Å². The molecule has 1 atom stereocenters. The third-order valence-electron chi connectivity index (χ3n) is 5.42. The minimum absolute atomic E-state index is 0.123. The standard InChI is InChI=1S/C21H16F5N3O3/c22-15-14(16(23)18(25)19(26)17(15)24)20(31)28-13(8-30)21(32)29-6-5-10-9-3-1-2-4-11(9)27-12(10)7-29/h1-4,13,27,30H,5-8H2,(H,28,31)/t13-/m0/s1. The zero-order valence-corrected chi connectivity index (χ0v) is 16.3. The molecule has 0 spiro atoms. The van der Waals surface area contributed by atoms with Gasteiger partial charge in [-0.3, -0.25) is 9.59 Å². The highest BCUT2D eigenvalue weighted by atomic mass is 19.2. The van der Waals surface area contributed by atoms with E-state index in [-0.39, 0.29) is 13.1 Å². The van der Waals surface area contributed by atoms with Crippen LogP contribution in [-0.4, -0.2) is 46.0 Å². The number of para-hydroxylation sites is 1. The first-order valence-corrected chi connectivity index (χ1v) is 9.55. The Bertz CT molecular complexity index is 1210. The van der Waals surface area contributed by atoms with E-state index in [0.29, 0.717) is 6.42 Å². The maximum atomic E-state index is 13.9. The van der Waals surface area contributed by atoms with Gasteiger partial charge < -0.3 is 20.3 Å². The van der Waals surface area contributed by atoms with Gasteiger partial charge in [-0.05, 0) is 18.1 Å². The van der Waals surface area contributed by atoms with Crippen molar-refractivity contribution in [1.82, 2.24) is 15.2 Å². The van der Waals surface area contributed by atoms with Crippen LogP contribution in [0, 0.1) is 29.1 Å². The molecule has 11 heteroatoms. The normalized spacial score (nSPS) is 14.4. The lowest BCUT2D eigenvalue weighted by atomic mass is 10.0. The van der Waals surface area contributed by atoms with E-state index in [1.54, 1.807) is 0 Å². The Hall–Kier alpha value is -3.47. The monoisotopic (exact) mass is 453 g/mol. The van der Waals surface area contributed by atoms with Gasteiger partial charge in [0.05, 0.1) is 13.2 Å². The summed E-state index contributed by atoms with van der Waals surface area (Å²) in [5.74, 6) is -14.1. The molecule has 2 heterocycles. The molecule has 4 rings (SSSR count). The lowest BCUT2D eigenvalue weighted by molar-refractivity contribution is -0.135. The molecular formula is C21H16F5N3O3. The zero-order valence-electron chi connectivity index (χ0n) is 16.3. The van der Waals surface area contributed by atoms with Crippen LogP contribution >= 0.6 is 0 Å². The maximum Gasteiger partial charge on any atom is 0.258 e. The molecule has 3 aromatic rings. The van der Waals surface area contributed by atoms with Crippen LogP contribution in [0.4, 0.5) is 22.0 Å². The topological polar surface area (TPSA) is 85.4 Å². The number of benzene rings is 2. The average Bonchev–Trinajstić information content (AvgIpc) is 3.17. The van der Waals surface area contributed by atoms with Gasteiger partial charge in [-0.15, -0.1) is 0 Å². The minimum atomic E-state index is -2.41. The second-order valence-electron chi connectivity index (χ2n) is 7.29. The molecule has 1 aliphatic heterocycles. The molecular weight excluding hydrogens is 437 g/mol. The number of carbonyl (C=O) groups excluding carboxylic acids is 2. The molecule has 0 unspecified atom stereocenters. The molecule has 0 bridgehead atoms. The fourth-order valence-electron chi connectivity index (χ4n) is 3.82. The second-order valence-corrected chi connectivity index (χ2v) is 7.29. The molecule has 0 saturated heterocycles. The van der Waals surface area contributed by atoms with Gasteiger partial charge in [0.1, 0.15) is 11.6 Å². The molecule has 0 radical (unpaired) electrons. The number of rotatable bonds is 4. The van der Waals surface area contributed by atoms with Gasteiger partial charge in [0.25, 0.3) is 5.91 Å². The summed E-state index contributed by atoms with van der Waals surface area (Å²) in [5.41, 5.74) is 0.929. The van der Waals surface area contributed by atoms with Crippen molar-refractivity contribution in [2.24, 2.45) is 0 Å². The van der Waals surface area contributed by atoms with Crippen molar-refractivity contribution < 1.29 is 36.6 Å². The van der Waals surface area contributed by atoms with E-state index in [1.165, 1.54) is 4.90 Å². The molecule has 2 amide bonds. The Labute approximate surface area is 177 Å². The number of halogens is 5. The number of hydrogen-bond donors (Lipinski definition) is 3. The summed E-state index contributed by atoms with van der Waals surface area (Å²) in [6.07, 6.45) is 0.481. The smallest absolute Gasteiger partial charge is 0.258 e.